The van der Waals surface area contributed by atoms with Gasteiger partial charge in [-0.25, -0.2) is 0 Å². The molecule has 0 unspecified atom stereocenters. The monoisotopic (exact) mass is 312 g/mol. The van der Waals surface area contributed by atoms with E-state index in [1.807, 2.05) is 13.0 Å². The van der Waals surface area contributed by atoms with Crippen molar-refractivity contribution in [3.8, 4) is 0 Å². The third kappa shape index (κ3) is 7.11. The number of aryl methyl sites for hydroxylation is 1. The second-order valence-electron chi connectivity index (χ2n) is 4.60. The predicted molar refractivity (Wildman–Crippen MR) is 83.6 cm³/mol. The summed E-state index contributed by atoms with van der Waals surface area (Å²) in [5.74, 6) is -0.357. The molecule has 1 aromatic carbocycles. The van der Waals surface area contributed by atoms with Gasteiger partial charge in [0.05, 0.1) is 13.2 Å². The maximum Gasteiger partial charge on any atom is 0.305 e. The molecule has 0 radical (unpaired) electrons. The van der Waals surface area contributed by atoms with Crippen LogP contribution in [0.1, 0.15) is 25.3 Å². The Hall–Kier alpha value is -1.59. The lowest BCUT2D eigenvalue weighted by molar-refractivity contribution is -0.143. The Kier molecular flexibility index (Phi) is 7.79. The number of ether oxygens (including phenoxy) is 1. The summed E-state index contributed by atoms with van der Waals surface area (Å²) in [5, 5.41) is 6.35. The van der Waals surface area contributed by atoms with Gasteiger partial charge in [0.1, 0.15) is 0 Å². The molecule has 0 heterocycles. The number of hydrogen-bond donors (Lipinski definition) is 2. The molecule has 1 aromatic rings. The molecule has 5 nitrogen and oxygen atoms in total. The van der Waals surface area contributed by atoms with Crippen LogP contribution in [0.3, 0.4) is 0 Å². The smallest absolute Gasteiger partial charge is 0.305 e. The first kappa shape index (κ1) is 17.5. The zero-order valence-electron chi connectivity index (χ0n) is 12.4. The minimum Gasteiger partial charge on any atom is -0.466 e. The molecule has 21 heavy (non-hydrogen) atoms. The molecule has 6 heteroatoms. The molecule has 0 saturated heterocycles. The van der Waals surface area contributed by atoms with Crippen LogP contribution in [0.15, 0.2) is 18.2 Å². The van der Waals surface area contributed by atoms with Crippen molar-refractivity contribution in [1.29, 1.82) is 0 Å². The molecule has 0 aliphatic carbocycles. The molecule has 0 saturated carbocycles. The molecule has 0 fully saturated rings. The summed E-state index contributed by atoms with van der Waals surface area (Å²) in [5.41, 5.74) is 1.63. The van der Waals surface area contributed by atoms with Crippen molar-refractivity contribution < 1.29 is 14.3 Å². The lowest BCUT2D eigenvalue weighted by Crippen LogP contribution is -2.29. The van der Waals surface area contributed by atoms with Gasteiger partial charge in [-0.15, -0.1) is 0 Å². The second-order valence-corrected chi connectivity index (χ2v) is 5.00. The van der Waals surface area contributed by atoms with Crippen LogP contribution in [0.4, 0.5) is 5.69 Å². The molecular formula is C15H21ClN2O3. The van der Waals surface area contributed by atoms with Crippen molar-refractivity contribution >= 4 is 29.2 Å². The number of benzene rings is 1. The van der Waals surface area contributed by atoms with E-state index in [0.29, 0.717) is 36.7 Å². The molecule has 0 aliphatic rings. The highest BCUT2D eigenvalue weighted by Crippen LogP contribution is 2.19. The molecule has 2 N–H and O–H groups in total. The van der Waals surface area contributed by atoms with Crippen LogP contribution in [-0.4, -0.2) is 31.6 Å². The molecule has 116 valence electrons. The fourth-order valence-electron chi connectivity index (χ4n) is 1.67. The van der Waals surface area contributed by atoms with E-state index in [4.69, 9.17) is 16.3 Å². The summed E-state index contributed by atoms with van der Waals surface area (Å²) < 4.78 is 4.81. The van der Waals surface area contributed by atoms with Gasteiger partial charge in [-0.2, -0.15) is 0 Å². The van der Waals surface area contributed by atoms with E-state index in [2.05, 4.69) is 10.6 Å². The van der Waals surface area contributed by atoms with Crippen molar-refractivity contribution in [2.45, 2.75) is 26.7 Å². The topological polar surface area (TPSA) is 67.4 Å². The Morgan fingerprint density at radius 2 is 2.10 bits per heavy atom. The van der Waals surface area contributed by atoms with Crippen LogP contribution in [0.5, 0.6) is 0 Å². The highest BCUT2D eigenvalue weighted by molar-refractivity contribution is 6.31. The standard InChI is InChI=1S/C15H21ClN2O3/c1-3-21-15(20)5-4-8-17-10-14(19)18-12-7-6-11(2)13(16)9-12/h6-7,9,17H,3-5,8,10H2,1-2H3,(H,18,19). The van der Waals surface area contributed by atoms with Gasteiger partial charge in [0.15, 0.2) is 0 Å². The number of hydrogen-bond acceptors (Lipinski definition) is 4. The maximum atomic E-state index is 11.7. The first-order chi connectivity index (χ1) is 10.0. The number of nitrogens with one attached hydrogen (secondary N) is 2. The SMILES string of the molecule is CCOC(=O)CCCNCC(=O)Nc1ccc(C)c(Cl)c1. The van der Waals surface area contributed by atoms with Crippen LogP contribution in [0.25, 0.3) is 0 Å². The fourth-order valence-corrected chi connectivity index (χ4v) is 1.85. The van der Waals surface area contributed by atoms with Crippen LogP contribution in [0, 0.1) is 6.92 Å². The molecule has 0 aliphatic heterocycles. The number of esters is 1. The quantitative estimate of drug-likeness (QED) is 0.572. The highest BCUT2D eigenvalue weighted by Gasteiger charge is 2.04. The Labute approximate surface area is 130 Å². The van der Waals surface area contributed by atoms with E-state index < -0.39 is 0 Å². The lowest BCUT2D eigenvalue weighted by Gasteiger charge is -2.08. The third-order valence-corrected chi connectivity index (χ3v) is 3.19. The lowest BCUT2D eigenvalue weighted by atomic mass is 10.2. The van der Waals surface area contributed by atoms with Crippen molar-refractivity contribution in [2.24, 2.45) is 0 Å². The Balaban J connectivity index is 2.19. The molecule has 1 amide bonds. The average Bonchev–Trinajstić information content (AvgIpc) is 2.43. The summed E-state index contributed by atoms with van der Waals surface area (Å²) in [7, 11) is 0. The average molecular weight is 313 g/mol. The normalized spacial score (nSPS) is 10.2. The van der Waals surface area contributed by atoms with E-state index >= 15 is 0 Å². The van der Waals surface area contributed by atoms with Crippen molar-refractivity contribution in [3.63, 3.8) is 0 Å². The van der Waals surface area contributed by atoms with E-state index in [0.717, 1.165) is 5.56 Å². The molecular weight excluding hydrogens is 292 g/mol. The predicted octanol–water partition coefficient (Wildman–Crippen LogP) is 2.52. The zero-order valence-corrected chi connectivity index (χ0v) is 13.1. The molecule has 1 rings (SSSR count). The summed E-state index contributed by atoms with van der Waals surface area (Å²) >= 11 is 5.99. The number of anilines is 1. The molecule has 0 spiro atoms. The first-order valence-electron chi connectivity index (χ1n) is 6.95. The summed E-state index contributed by atoms with van der Waals surface area (Å²) in [6, 6.07) is 5.38. The van der Waals surface area contributed by atoms with Gasteiger partial charge in [0.25, 0.3) is 0 Å². The van der Waals surface area contributed by atoms with Crippen LogP contribution >= 0.6 is 11.6 Å². The highest BCUT2D eigenvalue weighted by atomic mass is 35.5. The maximum absolute atomic E-state index is 11.7. The van der Waals surface area contributed by atoms with E-state index in [9.17, 15) is 9.59 Å². The zero-order chi connectivity index (χ0) is 15.7. The Bertz CT molecular complexity index is 492. The number of amides is 1. The number of carbonyl (C=O) groups excluding carboxylic acids is 2. The van der Waals surface area contributed by atoms with Gasteiger partial charge in [0, 0.05) is 17.1 Å². The largest absolute Gasteiger partial charge is 0.466 e. The van der Waals surface area contributed by atoms with Gasteiger partial charge < -0.3 is 15.4 Å². The number of halogens is 1. The van der Waals surface area contributed by atoms with Gasteiger partial charge in [-0.3, -0.25) is 9.59 Å². The van der Waals surface area contributed by atoms with Crippen molar-refractivity contribution in [1.82, 2.24) is 5.32 Å². The van der Waals surface area contributed by atoms with Crippen LogP contribution in [0.2, 0.25) is 5.02 Å². The van der Waals surface area contributed by atoms with Gasteiger partial charge >= 0.3 is 5.97 Å². The fraction of sp³-hybridized carbons (Fsp3) is 0.467. The number of rotatable bonds is 8. The third-order valence-electron chi connectivity index (χ3n) is 2.78. The van der Waals surface area contributed by atoms with Crippen LogP contribution in [-0.2, 0) is 14.3 Å². The number of carbonyl (C=O) groups is 2. The Morgan fingerprint density at radius 1 is 1.33 bits per heavy atom. The summed E-state index contributed by atoms with van der Waals surface area (Å²) in [6.07, 6.45) is 0.999. The van der Waals surface area contributed by atoms with Gasteiger partial charge in [-0.05, 0) is 44.5 Å². The minimum absolute atomic E-state index is 0.147. The first-order valence-corrected chi connectivity index (χ1v) is 7.33. The summed E-state index contributed by atoms with van der Waals surface area (Å²) in [4.78, 5) is 22.8. The molecule has 0 bridgehead atoms. The van der Waals surface area contributed by atoms with Crippen LogP contribution < -0.4 is 10.6 Å². The van der Waals surface area contributed by atoms with E-state index in [1.165, 1.54) is 0 Å². The van der Waals surface area contributed by atoms with Crippen molar-refractivity contribution in [2.75, 3.05) is 25.0 Å². The minimum atomic E-state index is -0.210. The van der Waals surface area contributed by atoms with Gasteiger partial charge in [-0.1, -0.05) is 17.7 Å². The van der Waals surface area contributed by atoms with E-state index in [1.54, 1.807) is 19.1 Å². The van der Waals surface area contributed by atoms with Crippen molar-refractivity contribution in [3.05, 3.63) is 28.8 Å². The molecule has 0 atom stereocenters. The second kappa shape index (κ2) is 9.37. The van der Waals surface area contributed by atoms with Gasteiger partial charge in [0.2, 0.25) is 5.91 Å². The Morgan fingerprint density at radius 3 is 2.76 bits per heavy atom. The molecule has 0 aromatic heterocycles. The summed E-state index contributed by atoms with van der Waals surface area (Å²) in [6.45, 7) is 4.85. The van der Waals surface area contributed by atoms with E-state index in [-0.39, 0.29) is 18.4 Å².